The van der Waals surface area contributed by atoms with Gasteiger partial charge in [0.2, 0.25) is 0 Å². The van der Waals surface area contributed by atoms with Gasteiger partial charge in [-0.3, -0.25) is 0 Å². The Balaban J connectivity index is 2.76. The first kappa shape index (κ1) is 4.18. The normalized spacial score (nSPS) is 8.71. The van der Waals surface area contributed by atoms with Crippen molar-refractivity contribution in [3.63, 3.8) is 0 Å². The van der Waals surface area contributed by atoms with Gasteiger partial charge in [0.15, 0.2) is 0 Å². The van der Waals surface area contributed by atoms with E-state index >= 15 is 0 Å². The van der Waals surface area contributed by atoms with Gasteiger partial charge in [0.05, 0.1) is 6.20 Å². The predicted octanol–water partition coefficient (Wildman–Crippen LogP) is 0.0564. The summed E-state index contributed by atoms with van der Waals surface area (Å²) >= 11 is 0. The molecule has 3 nitrogen and oxygen atoms in total. The largest absolute Gasteiger partial charge is 0.313 e. The van der Waals surface area contributed by atoms with Crippen molar-refractivity contribution in [2.24, 2.45) is 0 Å². The Morgan fingerprint density at radius 2 is 2.57 bits per heavy atom. The molecular weight excluding hydrogens is 90.1 g/mol. The summed E-state index contributed by atoms with van der Waals surface area (Å²) in [6, 6.07) is 1.86. The highest BCUT2D eigenvalue weighted by molar-refractivity contribution is 4.79. The minimum atomic E-state index is 1.62. The van der Waals surface area contributed by atoms with Crippen LogP contribution in [0.2, 0.25) is 0 Å². The van der Waals surface area contributed by atoms with E-state index in [1.807, 2.05) is 19.3 Å². The Labute approximate surface area is 41.9 Å². The maximum atomic E-state index is 3.84. The molecule has 0 saturated heterocycles. The summed E-state index contributed by atoms with van der Waals surface area (Å²) in [6.07, 6.45) is 3.55. The number of rotatable bonds is 1. The van der Waals surface area contributed by atoms with Crippen LogP contribution in [0.4, 0.5) is 0 Å². The third kappa shape index (κ3) is 0.707. The van der Waals surface area contributed by atoms with E-state index in [9.17, 15) is 0 Å². The third-order valence-corrected chi connectivity index (χ3v) is 0.734. The topological polar surface area (TPSA) is 29.9 Å². The van der Waals surface area contributed by atoms with Crippen molar-refractivity contribution in [3.05, 3.63) is 18.5 Å². The maximum absolute atomic E-state index is 3.84. The molecule has 1 rings (SSSR count). The smallest absolute Gasteiger partial charge is 0.0510 e. The second-order valence-corrected chi connectivity index (χ2v) is 1.17. The van der Waals surface area contributed by atoms with Crippen molar-refractivity contribution in [2.75, 3.05) is 12.5 Å². The number of aromatic nitrogens is 2. The summed E-state index contributed by atoms with van der Waals surface area (Å²) in [7, 11) is 1.81. The molecule has 0 bridgehead atoms. The predicted molar refractivity (Wildman–Crippen MR) is 27.5 cm³/mol. The molecule has 38 valence electrons. The third-order valence-electron chi connectivity index (χ3n) is 0.734. The van der Waals surface area contributed by atoms with Gasteiger partial charge in [-0.2, -0.15) is 9.89 Å². The minimum Gasteiger partial charge on any atom is -0.313 e. The lowest BCUT2D eigenvalue weighted by molar-refractivity contribution is 0.782. The molecule has 0 fully saturated rings. The molecule has 1 N–H and O–H groups in total. The molecule has 3 heteroatoms. The zero-order valence-corrected chi connectivity index (χ0v) is 4.13. The highest BCUT2D eigenvalue weighted by Crippen LogP contribution is 1.74. The Morgan fingerprint density at radius 1 is 1.71 bits per heavy atom. The summed E-state index contributed by atoms with van der Waals surface area (Å²) < 4.78 is 0. The second kappa shape index (κ2) is 1.64. The molecule has 1 aromatic heterocycles. The van der Waals surface area contributed by atoms with Crippen LogP contribution in [0.15, 0.2) is 18.5 Å². The lowest BCUT2D eigenvalue weighted by Gasteiger charge is -1.92. The van der Waals surface area contributed by atoms with E-state index in [4.69, 9.17) is 0 Å². The average Bonchev–Trinajstić information content (AvgIpc) is 2.14. The molecule has 7 heavy (non-hydrogen) atoms. The van der Waals surface area contributed by atoms with Crippen LogP contribution in [-0.4, -0.2) is 16.9 Å². The van der Waals surface area contributed by atoms with Gasteiger partial charge in [0.1, 0.15) is 0 Å². The molecule has 0 saturated carbocycles. The molecule has 0 spiro atoms. The second-order valence-electron chi connectivity index (χ2n) is 1.17. The first-order chi connectivity index (χ1) is 3.43. The minimum absolute atomic E-state index is 1.62. The fourth-order valence-electron chi connectivity index (χ4n) is 0.401. The first-order valence-corrected chi connectivity index (χ1v) is 2.11. The Hall–Kier alpha value is -0.990. The van der Waals surface area contributed by atoms with Crippen LogP contribution in [0, 0.1) is 0 Å². The summed E-state index contributed by atoms with van der Waals surface area (Å²) in [6.45, 7) is 0. The van der Waals surface area contributed by atoms with Crippen molar-refractivity contribution < 1.29 is 0 Å². The van der Waals surface area contributed by atoms with E-state index in [1.165, 1.54) is 0 Å². The van der Waals surface area contributed by atoms with Crippen molar-refractivity contribution in [1.29, 1.82) is 0 Å². The molecule has 0 aliphatic heterocycles. The van der Waals surface area contributed by atoms with Gasteiger partial charge < -0.3 is 5.43 Å². The zero-order chi connectivity index (χ0) is 5.11. The van der Waals surface area contributed by atoms with Crippen LogP contribution in [0.5, 0.6) is 0 Å². The van der Waals surface area contributed by atoms with E-state index in [1.54, 1.807) is 11.0 Å². The van der Waals surface area contributed by atoms with Gasteiger partial charge in [-0.15, -0.1) is 0 Å². The highest BCUT2D eigenvalue weighted by Gasteiger charge is 1.75. The van der Waals surface area contributed by atoms with Crippen molar-refractivity contribution in [2.45, 2.75) is 0 Å². The van der Waals surface area contributed by atoms with Crippen LogP contribution >= 0.6 is 0 Å². The number of nitrogens with one attached hydrogen (secondary N) is 1. The van der Waals surface area contributed by atoms with Crippen LogP contribution in [0.3, 0.4) is 0 Å². The van der Waals surface area contributed by atoms with E-state index in [0.29, 0.717) is 0 Å². The molecule has 0 unspecified atom stereocenters. The van der Waals surface area contributed by atoms with Crippen LogP contribution in [0.1, 0.15) is 0 Å². The SMILES string of the molecule is CNn1cccn1. The molecule has 0 aromatic carbocycles. The van der Waals surface area contributed by atoms with Gasteiger partial charge in [-0.05, 0) is 6.07 Å². The Bertz CT molecular complexity index is 121. The summed E-state index contributed by atoms with van der Waals surface area (Å²) in [5.74, 6) is 0. The fraction of sp³-hybridized carbons (Fsp3) is 0.250. The molecular formula is C4H7N3. The van der Waals surface area contributed by atoms with Gasteiger partial charge in [-0.25, -0.2) is 0 Å². The number of hydrogen-bond donors (Lipinski definition) is 1. The molecule has 0 radical (unpaired) electrons. The lowest BCUT2D eigenvalue weighted by Crippen LogP contribution is -2.07. The van der Waals surface area contributed by atoms with Crippen LogP contribution in [0.25, 0.3) is 0 Å². The molecule has 0 aliphatic rings. The van der Waals surface area contributed by atoms with Crippen molar-refractivity contribution >= 4 is 0 Å². The average molecular weight is 97.1 g/mol. The van der Waals surface area contributed by atoms with E-state index in [0.717, 1.165) is 0 Å². The molecule has 0 aliphatic carbocycles. The summed E-state index contributed by atoms with van der Waals surface area (Å²) in [4.78, 5) is 1.62. The Morgan fingerprint density at radius 3 is 2.86 bits per heavy atom. The van der Waals surface area contributed by atoms with Crippen molar-refractivity contribution in [3.8, 4) is 0 Å². The van der Waals surface area contributed by atoms with Gasteiger partial charge >= 0.3 is 0 Å². The van der Waals surface area contributed by atoms with Crippen molar-refractivity contribution in [1.82, 2.24) is 9.89 Å². The number of hydrogen-bond acceptors (Lipinski definition) is 2. The quantitative estimate of drug-likeness (QED) is 0.537. The maximum Gasteiger partial charge on any atom is 0.0510 e. The summed E-state index contributed by atoms with van der Waals surface area (Å²) in [5.41, 5.74) is 2.81. The molecule has 0 atom stereocenters. The molecule has 0 amide bonds. The van der Waals surface area contributed by atoms with Gasteiger partial charge in [-0.1, -0.05) is 0 Å². The lowest BCUT2D eigenvalue weighted by atomic mass is 10.8. The van der Waals surface area contributed by atoms with Crippen LogP contribution < -0.4 is 5.43 Å². The highest BCUT2D eigenvalue weighted by atomic mass is 15.5. The molecule has 1 aromatic rings. The monoisotopic (exact) mass is 97.1 g/mol. The Kier molecular flexibility index (Phi) is 0.978. The molecule has 1 heterocycles. The van der Waals surface area contributed by atoms with Gasteiger partial charge in [0.25, 0.3) is 0 Å². The first-order valence-electron chi connectivity index (χ1n) is 2.11. The zero-order valence-electron chi connectivity index (χ0n) is 4.13. The number of nitrogens with zero attached hydrogens (tertiary/aromatic N) is 2. The standard InChI is InChI=1S/C4H7N3/c1-5-7-4-2-3-6-7/h2-5H,1H3. The van der Waals surface area contributed by atoms with E-state index < -0.39 is 0 Å². The summed E-state index contributed by atoms with van der Waals surface area (Å²) in [5, 5.41) is 3.84. The fourth-order valence-corrected chi connectivity index (χ4v) is 0.401. The van der Waals surface area contributed by atoms with Gasteiger partial charge in [0, 0.05) is 13.2 Å². The van der Waals surface area contributed by atoms with E-state index in [2.05, 4.69) is 10.5 Å². The van der Waals surface area contributed by atoms with Crippen LogP contribution in [-0.2, 0) is 0 Å². The van der Waals surface area contributed by atoms with E-state index in [-0.39, 0.29) is 0 Å².